The minimum atomic E-state index is 1.00. The van der Waals surface area contributed by atoms with Crippen LogP contribution < -0.4 is 4.90 Å². The molecule has 1 saturated heterocycles. The fourth-order valence-electron chi connectivity index (χ4n) is 3.07. The molecule has 24 heavy (non-hydrogen) atoms. The third-order valence-corrected chi connectivity index (χ3v) is 5.21. The van der Waals surface area contributed by atoms with Gasteiger partial charge in [-0.3, -0.25) is 4.90 Å². The van der Waals surface area contributed by atoms with Gasteiger partial charge in [0.2, 0.25) is 0 Å². The van der Waals surface area contributed by atoms with E-state index in [0.29, 0.717) is 0 Å². The van der Waals surface area contributed by atoms with Gasteiger partial charge in [0.15, 0.2) is 0 Å². The van der Waals surface area contributed by atoms with Gasteiger partial charge in [-0.25, -0.2) is 9.97 Å². The molecule has 0 aliphatic carbocycles. The number of hydrogen-bond acceptors (Lipinski definition) is 5. The lowest BCUT2D eigenvalue weighted by Crippen LogP contribution is -2.46. The third-order valence-electron chi connectivity index (χ3n) is 4.39. The van der Waals surface area contributed by atoms with Gasteiger partial charge in [-0.2, -0.15) is 0 Å². The van der Waals surface area contributed by atoms with E-state index in [-0.39, 0.29) is 0 Å². The molecule has 0 atom stereocenters. The van der Waals surface area contributed by atoms with Crippen molar-refractivity contribution in [2.24, 2.45) is 0 Å². The minimum Gasteiger partial charge on any atom is -0.353 e. The van der Waals surface area contributed by atoms with Crippen LogP contribution in [0.3, 0.4) is 0 Å². The highest BCUT2D eigenvalue weighted by Gasteiger charge is 2.19. The predicted octanol–water partition coefficient (Wildman–Crippen LogP) is 3.53. The summed E-state index contributed by atoms with van der Waals surface area (Å²) in [6.45, 7) is 5.16. The molecule has 0 N–H and O–H groups in total. The Morgan fingerprint density at radius 1 is 1.00 bits per heavy atom. The smallest absolute Gasteiger partial charge is 0.140 e. The van der Waals surface area contributed by atoms with Gasteiger partial charge in [-0.1, -0.05) is 42.5 Å². The molecule has 4 nitrogen and oxygen atoms in total. The maximum Gasteiger partial charge on any atom is 0.140 e. The van der Waals surface area contributed by atoms with E-state index >= 15 is 0 Å². The van der Waals surface area contributed by atoms with Crippen molar-refractivity contribution in [3.63, 3.8) is 0 Å². The van der Waals surface area contributed by atoms with Gasteiger partial charge in [0.25, 0.3) is 0 Å². The summed E-state index contributed by atoms with van der Waals surface area (Å²) in [6.07, 6.45) is 6.14. The van der Waals surface area contributed by atoms with E-state index in [1.807, 2.05) is 6.07 Å². The third kappa shape index (κ3) is 3.32. The number of thiophene rings is 1. The summed E-state index contributed by atoms with van der Waals surface area (Å²) >= 11 is 1.68. The number of nitrogens with zero attached hydrogens (tertiary/aromatic N) is 4. The van der Waals surface area contributed by atoms with Crippen molar-refractivity contribution in [1.82, 2.24) is 14.9 Å². The summed E-state index contributed by atoms with van der Waals surface area (Å²) in [5.41, 5.74) is 1.26. The molecule has 4 rings (SSSR count). The van der Waals surface area contributed by atoms with Crippen LogP contribution in [0.5, 0.6) is 0 Å². The number of piperazine rings is 1. The first kappa shape index (κ1) is 15.3. The van der Waals surface area contributed by atoms with E-state index in [1.165, 1.54) is 10.9 Å². The molecule has 0 bridgehead atoms. The molecule has 1 fully saturated rings. The van der Waals surface area contributed by atoms with Crippen LogP contribution in [0.25, 0.3) is 16.3 Å². The zero-order valence-corrected chi connectivity index (χ0v) is 14.3. The fraction of sp³-hybridized carbons (Fsp3) is 0.263. The van der Waals surface area contributed by atoms with Crippen LogP contribution in [-0.2, 0) is 0 Å². The van der Waals surface area contributed by atoms with Gasteiger partial charge in [0.1, 0.15) is 17.0 Å². The highest BCUT2D eigenvalue weighted by molar-refractivity contribution is 7.16. The van der Waals surface area contributed by atoms with Crippen LogP contribution in [0, 0.1) is 0 Å². The average molecular weight is 336 g/mol. The molecule has 0 spiro atoms. The van der Waals surface area contributed by atoms with E-state index in [9.17, 15) is 0 Å². The van der Waals surface area contributed by atoms with E-state index in [1.54, 1.807) is 17.7 Å². The van der Waals surface area contributed by atoms with Crippen molar-refractivity contribution in [1.29, 1.82) is 0 Å². The molecule has 1 aliphatic rings. The second-order valence-electron chi connectivity index (χ2n) is 5.94. The molecule has 2 aromatic heterocycles. The summed E-state index contributed by atoms with van der Waals surface area (Å²) in [6, 6.07) is 12.6. The predicted molar refractivity (Wildman–Crippen MR) is 102 cm³/mol. The lowest BCUT2D eigenvalue weighted by molar-refractivity contribution is 0.284. The fourth-order valence-corrected chi connectivity index (χ4v) is 3.80. The Balaban J connectivity index is 1.35. The number of hydrogen-bond donors (Lipinski definition) is 0. The van der Waals surface area contributed by atoms with Crippen molar-refractivity contribution >= 4 is 33.4 Å². The first-order chi connectivity index (χ1) is 11.9. The van der Waals surface area contributed by atoms with Gasteiger partial charge in [0.05, 0.1) is 5.39 Å². The Morgan fingerprint density at radius 2 is 1.83 bits per heavy atom. The lowest BCUT2D eigenvalue weighted by Gasteiger charge is -2.35. The van der Waals surface area contributed by atoms with Crippen molar-refractivity contribution in [2.75, 3.05) is 37.6 Å². The molecular formula is C19H20N4S. The molecule has 0 amide bonds. The second-order valence-corrected chi connectivity index (χ2v) is 6.83. The molecule has 122 valence electrons. The standard InChI is InChI=1S/C19H20N4S/c1-2-5-16(6-3-1)7-4-9-22-10-12-23(13-11-22)18-17-8-14-24-19(17)21-15-20-18/h1-8,14-15H,9-13H2. The number of anilines is 1. The Labute approximate surface area is 146 Å². The Morgan fingerprint density at radius 3 is 2.67 bits per heavy atom. The van der Waals surface area contributed by atoms with Gasteiger partial charge in [-0.15, -0.1) is 11.3 Å². The monoisotopic (exact) mass is 336 g/mol. The average Bonchev–Trinajstić information content (AvgIpc) is 3.12. The number of rotatable bonds is 4. The second kappa shape index (κ2) is 7.11. The van der Waals surface area contributed by atoms with Crippen LogP contribution >= 0.6 is 11.3 Å². The van der Waals surface area contributed by atoms with Crippen molar-refractivity contribution in [2.45, 2.75) is 0 Å². The van der Waals surface area contributed by atoms with E-state index < -0.39 is 0 Å². The molecule has 5 heteroatoms. The molecule has 0 unspecified atom stereocenters. The van der Waals surface area contributed by atoms with Crippen LogP contribution in [-0.4, -0.2) is 47.6 Å². The number of benzene rings is 1. The summed E-state index contributed by atoms with van der Waals surface area (Å²) in [7, 11) is 0. The summed E-state index contributed by atoms with van der Waals surface area (Å²) in [5, 5.41) is 3.27. The number of aromatic nitrogens is 2. The molecule has 3 aromatic rings. The zero-order valence-electron chi connectivity index (χ0n) is 13.5. The molecule has 0 radical (unpaired) electrons. The maximum absolute atomic E-state index is 4.52. The Kier molecular flexibility index (Phi) is 4.53. The van der Waals surface area contributed by atoms with E-state index in [2.05, 4.69) is 67.6 Å². The zero-order chi connectivity index (χ0) is 16.2. The largest absolute Gasteiger partial charge is 0.353 e. The van der Waals surface area contributed by atoms with E-state index in [0.717, 1.165) is 43.4 Å². The topological polar surface area (TPSA) is 32.3 Å². The first-order valence-corrected chi connectivity index (χ1v) is 9.15. The van der Waals surface area contributed by atoms with Crippen LogP contribution in [0.4, 0.5) is 5.82 Å². The summed E-state index contributed by atoms with van der Waals surface area (Å²) in [5.74, 6) is 1.08. The van der Waals surface area contributed by atoms with E-state index in [4.69, 9.17) is 0 Å². The van der Waals surface area contributed by atoms with Crippen LogP contribution in [0.2, 0.25) is 0 Å². The Hall–Kier alpha value is -2.24. The highest BCUT2D eigenvalue weighted by Crippen LogP contribution is 2.27. The van der Waals surface area contributed by atoms with Crippen LogP contribution in [0.1, 0.15) is 5.56 Å². The SMILES string of the molecule is C(=Cc1ccccc1)CN1CCN(c2ncnc3sccc23)CC1. The maximum atomic E-state index is 4.52. The van der Waals surface area contributed by atoms with Crippen molar-refractivity contribution in [3.8, 4) is 0 Å². The molecular weight excluding hydrogens is 316 g/mol. The summed E-state index contributed by atoms with van der Waals surface area (Å²) < 4.78 is 0. The molecule has 1 aliphatic heterocycles. The first-order valence-electron chi connectivity index (χ1n) is 8.27. The van der Waals surface area contributed by atoms with Crippen LogP contribution in [0.15, 0.2) is 54.2 Å². The van der Waals surface area contributed by atoms with Crippen molar-refractivity contribution < 1.29 is 0 Å². The quantitative estimate of drug-likeness (QED) is 0.730. The molecule has 1 aromatic carbocycles. The number of fused-ring (bicyclic) bond motifs is 1. The highest BCUT2D eigenvalue weighted by atomic mass is 32.1. The molecule has 3 heterocycles. The van der Waals surface area contributed by atoms with Crippen molar-refractivity contribution in [3.05, 3.63) is 59.7 Å². The lowest BCUT2D eigenvalue weighted by atomic mass is 10.2. The molecule has 0 saturated carbocycles. The summed E-state index contributed by atoms with van der Waals surface area (Å²) in [4.78, 5) is 14.8. The van der Waals surface area contributed by atoms with Gasteiger partial charge < -0.3 is 4.90 Å². The van der Waals surface area contributed by atoms with Gasteiger partial charge >= 0.3 is 0 Å². The minimum absolute atomic E-state index is 1.00. The Bertz CT molecular complexity index is 820. The van der Waals surface area contributed by atoms with Gasteiger partial charge in [0, 0.05) is 32.7 Å². The normalized spacial score (nSPS) is 16.2. The van der Waals surface area contributed by atoms with Gasteiger partial charge in [-0.05, 0) is 17.0 Å².